The molecule has 3 N–H and O–H groups in total. The molecule has 1 rings (SSSR count). The minimum Gasteiger partial charge on any atom is -0.444 e. The lowest BCUT2D eigenvalue weighted by Crippen LogP contribution is -2.45. The summed E-state index contributed by atoms with van der Waals surface area (Å²) in [6, 6.07) is 2.04. The maximum Gasteiger partial charge on any atom is 0.407 e. The standard InChI is InChI=1S/C15H25N3O2/c1-11-6-12(8-17-7-11)15(5,9-16)10-18-13(19)20-14(2,3)4/h6-8H,9-10,16H2,1-5H3,(H,18,19). The Morgan fingerprint density at radius 3 is 2.50 bits per heavy atom. The molecular formula is C15H25N3O2. The van der Waals surface area contributed by atoms with Gasteiger partial charge in [-0.2, -0.15) is 0 Å². The predicted octanol–water partition coefficient (Wildman–Crippen LogP) is 2.13. The van der Waals surface area contributed by atoms with Crippen LogP contribution in [-0.2, 0) is 10.2 Å². The van der Waals surface area contributed by atoms with E-state index in [-0.39, 0.29) is 5.41 Å². The second-order valence-electron chi connectivity index (χ2n) is 6.37. The molecule has 5 heteroatoms. The summed E-state index contributed by atoms with van der Waals surface area (Å²) in [6.45, 7) is 10.3. The largest absolute Gasteiger partial charge is 0.444 e. The van der Waals surface area contributed by atoms with Crippen LogP contribution in [-0.4, -0.2) is 29.8 Å². The number of hydrogen-bond donors (Lipinski definition) is 2. The molecule has 0 bridgehead atoms. The van der Waals surface area contributed by atoms with Gasteiger partial charge < -0.3 is 15.8 Å². The van der Waals surface area contributed by atoms with Crippen molar-refractivity contribution in [2.24, 2.45) is 5.73 Å². The number of amides is 1. The number of pyridine rings is 1. The zero-order valence-electron chi connectivity index (χ0n) is 13.0. The number of rotatable bonds is 4. The van der Waals surface area contributed by atoms with Crippen LogP contribution < -0.4 is 11.1 Å². The molecule has 0 fully saturated rings. The van der Waals surface area contributed by atoms with Crippen LogP contribution in [0.4, 0.5) is 4.79 Å². The van der Waals surface area contributed by atoms with Gasteiger partial charge in [-0.05, 0) is 38.8 Å². The molecule has 1 heterocycles. The van der Waals surface area contributed by atoms with Gasteiger partial charge in [-0.25, -0.2) is 4.79 Å². The number of ether oxygens (including phenoxy) is 1. The van der Waals surface area contributed by atoms with Crippen molar-refractivity contribution in [2.75, 3.05) is 13.1 Å². The first kappa shape index (κ1) is 16.4. The Hall–Kier alpha value is -1.62. The van der Waals surface area contributed by atoms with Crippen LogP contribution in [0.3, 0.4) is 0 Å². The minimum atomic E-state index is -0.506. The lowest BCUT2D eigenvalue weighted by Gasteiger charge is -2.29. The Morgan fingerprint density at radius 2 is 2.00 bits per heavy atom. The molecule has 0 aliphatic rings. The fourth-order valence-electron chi connectivity index (χ4n) is 1.76. The molecule has 0 aromatic carbocycles. The zero-order chi connectivity index (χ0) is 15.4. The highest BCUT2D eigenvalue weighted by Crippen LogP contribution is 2.22. The summed E-state index contributed by atoms with van der Waals surface area (Å²) in [7, 11) is 0. The number of carbonyl (C=O) groups is 1. The highest BCUT2D eigenvalue weighted by molar-refractivity contribution is 5.67. The highest BCUT2D eigenvalue weighted by atomic mass is 16.6. The minimum absolute atomic E-state index is 0.365. The van der Waals surface area contributed by atoms with E-state index in [2.05, 4.69) is 10.3 Å². The molecule has 1 unspecified atom stereocenters. The van der Waals surface area contributed by atoms with Crippen molar-refractivity contribution >= 4 is 6.09 Å². The van der Waals surface area contributed by atoms with Gasteiger partial charge in [-0.15, -0.1) is 0 Å². The topological polar surface area (TPSA) is 77.2 Å². The van der Waals surface area contributed by atoms with Crippen LogP contribution in [0.15, 0.2) is 18.5 Å². The predicted molar refractivity (Wildman–Crippen MR) is 79.6 cm³/mol. The number of nitrogens with one attached hydrogen (secondary N) is 1. The van der Waals surface area contributed by atoms with E-state index in [1.54, 1.807) is 12.4 Å². The Morgan fingerprint density at radius 1 is 1.35 bits per heavy atom. The average molecular weight is 279 g/mol. The SMILES string of the molecule is Cc1cncc(C(C)(CN)CNC(=O)OC(C)(C)C)c1. The first-order chi connectivity index (χ1) is 9.16. The number of nitrogens with two attached hydrogens (primary N) is 1. The Kier molecular flexibility index (Phi) is 5.11. The van der Waals surface area contributed by atoms with Crippen molar-refractivity contribution in [2.45, 2.75) is 45.6 Å². The number of alkyl carbamates (subject to hydrolysis) is 1. The maximum absolute atomic E-state index is 11.7. The van der Waals surface area contributed by atoms with Crippen LogP contribution in [0, 0.1) is 6.92 Å². The number of hydrogen-bond acceptors (Lipinski definition) is 4. The van der Waals surface area contributed by atoms with E-state index < -0.39 is 11.7 Å². The van der Waals surface area contributed by atoms with Gasteiger partial charge in [0.05, 0.1) is 0 Å². The summed E-state index contributed by atoms with van der Waals surface area (Å²) in [5.41, 5.74) is 7.09. The van der Waals surface area contributed by atoms with Crippen LogP contribution in [0.5, 0.6) is 0 Å². The summed E-state index contributed by atoms with van der Waals surface area (Å²) in [5.74, 6) is 0. The monoisotopic (exact) mass is 279 g/mol. The van der Waals surface area contributed by atoms with Gasteiger partial charge in [0.1, 0.15) is 5.60 Å². The molecule has 0 radical (unpaired) electrons. The number of nitrogens with zero attached hydrogens (tertiary/aromatic N) is 1. The van der Waals surface area contributed by atoms with E-state index >= 15 is 0 Å². The third-order valence-electron chi connectivity index (χ3n) is 3.04. The van der Waals surface area contributed by atoms with Crippen molar-refractivity contribution in [3.05, 3.63) is 29.6 Å². The molecule has 5 nitrogen and oxygen atoms in total. The van der Waals surface area contributed by atoms with E-state index in [0.717, 1.165) is 11.1 Å². The van der Waals surface area contributed by atoms with Crippen LogP contribution >= 0.6 is 0 Å². The lowest BCUT2D eigenvalue weighted by atomic mass is 9.83. The van der Waals surface area contributed by atoms with E-state index in [4.69, 9.17) is 10.5 Å². The van der Waals surface area contributed by atoms with Gasteiger partial charge in [0, 0.05) is 30.9 Å². The molecule has 0 aliphatic carbocycles. The quantitative estimate of drug-likeness (QED) is 0.885. The highest BCUT2D eigenvalue weighted by Gasteiger charge is 2.27. The zero-order valence-corrected chi connectivity index (χ0v) is 13.0. The van der Waals surface area contributed by atoms with E-state index in [1.165, 1.54) is 0 Å². The molecule has 0 spiro atoms. The molecular weight excluding hydrogens is 254 g/mol. The Balaban J connectivity index is 2.74. The molecule has 20 heavy (non-hydrogen) atoms. The first-order valence-electron chi connectivity index (χ1n) is 6.75. The van der Waals surface area contributed by atoms with Crippen molar-refractivity contribution < 1.29 is 9.53 Å². The van der Waals surface area contributed by atoms with Crippen LogP contribution in [0.2, 0.25) is 0 Å². The van der Waals surface area contributed by atoms with Gasteiger partial charge in [0.15, 0.2) is 0 Å². The van der Waals surface area contributed by atoms with E-state index in [9.17, 15) is 4.79 Å². The summed E-state index contributed by atoms with van der Waals surface area (Å²) in [5, 5.41) is 2.78. The number of carbonyl (C=O) groups excluding carboxylic acids is 1. The van der Waals surface area contributed by atoms with Gasteiger partial charge in [-0.1, -0.05) is 13.0 Å². The third kappa shape index (κ3) is 4.81. The maximum atomic E-state index is 11.7. The summed E-state index contributed by atoms with van der Waals surface area (Å²) in [4.78, 5) is 15.9. The first-order valence-corrected chi connectivity index (χ1v) is 6.75. The van der Waals surface area contributed by atoms with Crippen molar-refractivity contribution in [1.29, 1.82) is 0 Å². The number of aromatic nitrogens is 1. The van der Waals surface area contributed by atoms with Gasteiger partial charge >= 0.3 is 6.09 Å². The Bertz CT molecular complexity index is 468. The second-order valence-corrected chi connectivity index (χ2v) is 6.37. The summed E-state index contributed by atoms with van der Waals surface area (Å²) < 4.78 is 5.23. The molecule has 0 aliphatic heterocycles. The fourth-order valence-corrected chi connectivity index (χ4v) is 1.76. The molecule has 1 aromatic heterocycles. The van der Waals surface area contributed by atoms with Crippen molar-refractivity contribution in [1.82, 2.24) is 10.3 Å². The van der Waals surface area contributed by atoms with E-state index in [1.807, 2.05) is 40.7 Å². The fraction of sp³-hybridized carbons (Fsp3) is 0.600. The molecule has 112 valence electrons. The van der Waals surface area contributed by atoms with Crippen molar-refractivity contribution in [3.63, 3.8) is 0 Å². The normalized spacial score (nSPS) is 14.5. The van der Waals surface area contributed by atoms with Crippen molar-refractivity contribution in [3.8, 4) is 0 Å². The average Bonchev–Trinajstić information content (AvgIpc) is 2.34. The van der Waals surface area contributed by atoms with E-state index in [0.29, 0.717) is 13.1 Å². The molecule has 1 amide bonds. The van der Waals surface area contributed by atoms with Gasteiger partial charge in [-0.3, -0.25) is 4.98 Å². The van der Waals surface area contributed by atoms with Gasteiger partial charge in [0.2, 0.25) is 0 Å². The second kappa shape index (κ2) is 6.22. The molecule has 0 saturated carbocycles. The molecule has 0 saturated heterocycles. The molecule has 1 atom stereocenters. The Labute approximate surface area is 120 Å². The number of aryl methyl sites for hydroxylation is 1. The molecule has 1 aromatic rings. The summed E-state index contributed by atoms with van der Waals surface area (Å²) >= 11 is 0. The van der Waals surface area contributed by atoms with Crippen LogP contribution in [0.25, 0.3) is 0 Å². The van der Waals surface area contributed by atoms with Gasteiger partial charge in [0.25, 0.3) is 0 Å². The third-order valence-corrected chi connectivity index (χ3v) is 3.04. The summed E-state index contributed by atoms with van der Waals surface area (Å²) in [6.07, 6.45) is 3.15. The lowest BCUT2D eigenvalue weighted by molar-refractivity contribution is 0.0516. The smallest absolute Gasteiger partial charge is 0.407 e. The van der Waals surface area contributed by atoms with Crippen LogP contribution in [0.1, 0.15) is 38.8 Å².